The zero-order valence-corrected chi connectivity index (χ0v) is 11.6. The molecule has 1 N–H and O–H groups in total. The van der Waals surface area contributed by atoms with Crippen LogP contribution in [0.3, 0.4) is 0 Å². The first-order valence-electron chi connectivity index (χ1n) is 6.28. The monoisotopic (exact) mass is 272 g/mol. The first kappa shape index (κ1) is 12.3. The Kier molecular flexibility index (Phi) is 3.55. The van der Waals surface area contributed by atoms with Crippen LogP contribution in [0.15, 0.2) is 47.6 Å². The second-order valence-electron chi connectivity index (χ2n) is 4.49. The third-order valence-corrected chi connectivity index (χ3v) is 4.21. The highest BCUT2D eigenvalue weighted by Gasteiger charge is 2.21. The van der Waals surface area contributed by atoms with Crippen molar-refractivity contribution in [1.29, 1.82) is 0 Å². The fourth-order valence-electron chi connectivity index (χ4n) is 2.06. The van der Waals surface area contributed by atoms with Crippen molar-refractivity contribution in [1.82, 2.24) is 15.1 Å². The van der Waals surface area contributed by atoms with E-state index in [-0.39, 0.29) is 0 Å². The minimum Gasteiger partial charge on any atom is -0.357 e. The minimum atomic E-state index is 0.372. The molecule has 3 rings (SSSR count). The predicted molar refractivity (Wildman–Crippen MR) is 79.1 cm³/mol. The predicted octanol–water partition coefficient (Wildman–Crippen LogP) is 2.35. The summed E-state index contributed by atoms with van der Waals surface area (Å²) in [6, 6.07) is 12.9. The van der Waals surface area contributed by atoms with Crippen molar-refractivity contribution in [3.05, 3.63) is 53.9 Å². The number of hydrogen-bond donors (Lipinski definition) is 1. The molecule has 1 aromatic carbocycles. The molecule has 0 bridgehead atoms. The lowest BCUT2D eigenvalue weighted by Gasteiger charge is -2.09. The topological polar surface area (TPSA) is 42.2 Å². The van der Waals surface area contributed by atoms with Gasteiger partial charge in [-0.15, -0.1) is 0 Å². The van der Waals surface area contributed by atoms with Crippen LogP contribution in [0.2, 0.25) is 0 Å². The van der Waals surface area contributed by atoms with E-state index in [0.29, 0.717) is 12.6 Å². The van der Waals surface area contributed by atoms with Crippen molar-refractivity contribution in [3.63, 3.8) is 0 Å². The minimum absolute atomic E-state index is 0.372. The lowest BCUT2D eigenvalue weighted by molar-refractivity contribution is 0.708. The van der Waals surface area contributed by atoms with Gasteiger partial charge in [-0.2, -0.15) is 5.10 Å². The van der Waals surface area contributed by atoms with E-state index < -0.39 is 0 Å². The number of amidine groups is 1. The molecule has 0 amide bonds. The average molecular weight is 272 g/mol. The van der Waals surface area contributed by atoms with Gasteiger partial charge in [0.15, 0.2) is 5.17 Å². The van der Waals surface area contributed by atoms with Crippen LogP contribution in [0.4, 0.5) is 0 Å². The highest BCUT2D eigenvalue weighted by atomic mass is 32.2. The average Bonchev–Trinajstić information content (AvgIpc) is 3.06. The largest absolute Gasteiger partial charge is 0.357 e. The van der Waals surface area contributed by atoms with E-state index >= 15 is 0 Å². The van der Waals surface area contributed by atoms with Crippen molar-refractivity contribution in [2.75, 3.05) is 5.75 Å². The maximum atomic E-state index is 4.61. The molecule has 1 atom stereocenters. The van der Waals surface area contributed by atoms with E-state index in [2.05, 4.69) is 39.7 Å². The fraction of sp³-hybridized carbons (Fsp3) is 0.286. The summed E-state index contributed by atoms with van der Waals surface area (Å²) in [5.41, 5.74) is 2.44. The van der Waals surface area contributed by atoms with Gasteiger partial charge in [0.1, 0.15) is 0 Å². The number of aliphatic imine (C=N–C) groups is 1. The zero-order chi connectivity index (χ0) is 13.1. The van der Waals surface area contributed by atoms with Crippen LogP contribution in [-0.2, 0) is 13.6 Å². The summed E-state index contributed by atoms with van der Waals surface area (Å²) >= 11 is 1.78. The van der Waals surface area contributed by atoms with Crippen LogP contribution < -0.4 is 5.32 Å². The standard InChI is InChI=1S/C14H16N4S/c1-18-12(7-8-16-18)9-15-14-17-13(10-19-14)11-5-3-2-4-6-11/h2-8,13H,9-10H2,1H3,(H,15,17). The number of thioether (sulfide) groups is 1. The smallest absolute Gasteiger partial charge is 0.157 e. The molecule has 1 aromatic heterocycles. The van der Waals surface area contributed by atoms with Crippen LogP contribution in [-0.4, -0.2) is 20.7 Å². The molecule has 1 unspecified atom stereocenters. The van der Waals surface area contributed by atoms with Crippen molar-refractivity contribution in [3.8, 4) is 0 Å². The summed E-state index contributed by atoms with van der Waals surface area (Å²) in [4.78, 5) is 4.61. The molecule has 1 aliphatic heterocycles. The van der Waals surface area contributed by atoms with Gasteiger partial charge in [-0.25, -0.2) is 0 Å². The first-order chi connectivity index (χ1) is 9.33. The van der Waals surface area contributed by atoms with Gasteiger partial charge in [-0.3, -0.25) is 9.67 Å². The lowest BCUT2D eigenvalue weighted by atomic mass is 10.1. The molecule has 1 aliphatic rings. The molecular weight excluding hydrogens is 256 g/mol. The number of aromatic nitrogens is 2. The molecule has 0 spiro atoms. The Morgan fingerprint density at radius 1 is 1.37 bits per heavy atom. The van der Waals surface area contributed by atoms with Crippen LogP contribution in [0.25, 0.3) is 0 Å². The van der Waals surface area contributed by atoms with Gasteiger partial charge in [0, 0.05) is 19.0 Å². The summed E-state index contributed by atoms with van der Waals surface area (Å²) in [6.45, 7) is 0.674. The van der Waals surface area contributed by atoms with E-state index in [0.717, 1.165) is 16.6 Å². The van der Waals surface area contributed by atoms with Crippen molar-refractivity contribution < 1.29 is 0 Å². The van der Waals surface area contributed by atoms with Gasteiger partial charge < -0.3 is 5.32 Å². The maximum absolute atomic E-state index is 4.61. The highest BCUT2D eigenvalue weighted by molar-refractivity contribution is 8.14. The SMILES string of the molecule is Cn1nccc1CN=C1NC(c2ccccc2)CS1. The van der Waals surface area contributed by atoms with E-state index in [1.54, 1.807) is 18.0 Å². The number of benzene rings is 1. The quantitative estimate of drug-likeness (QED) is 0.932. The summed E-state index contributed by atoms with van der Waals surface area (Å²) in [5.74, 6) is 1.04. The van der Waals surface area contributed by atoms with Crippen molar-refractivity contribution in [2.24, 2.45) is 12.0 Å². The lowest BCUT2D eigenvalue weighted by Crippen LogP contribution is -2.19. The Balaban J connectivity index is 1.64. The van der Waals surface area contributed by atoms with E-state index in [1.807, 2.05) is 23.9 Å². The molecule has 19 heavy (non-hydrogen) atoms. The Labute approximate surface area is 116 Å². The summed E-state index contributed by atoms with van der Waals surface area (Å²) in [5, 5.41) is 8.64. The number of aryl methyl sites for hydroxylation is 1. The fourth-order valence-corrected chi connectivity index (χ4v) is 3.04. The molecule has 0 radical (unpaired) electrons. The van der Waals surface area contributed by atoms with Crippen LogP contribution >= 0.6 is 11.8 Å². The number of hydrogen-bond acceptors (Lipinski definition) is 3. The molecule has 5 heteroatoms. The number of nitrogens with zero attached hydrogens (tertiary/aromatic N) is 3. The third kappa shape index (κ3) is 2.81. The molecular formula is C14H16N4S. The summed E-state index contributed by atoms with van der Waals surface area (Å²) in [7, 11) is 1.94. The zero-order valence-electron chi connectivity index (χ0n) is 10.8. The van der Waals surface area contributed by atoms with Crippen LogP contribution in [0, 0.1) is 0 Å². The second kappa shape index (κ2) is 5.48. The number of nitrogens with one attached hydrogen (secondary N) is 1. The molecule has 0 saturated carbocycles. The molecule has 98 valence electrons. The Bertz CT molecular complexity index is 576. The Hall–Kier alpha value is -1.75. The van der Waals surface area contributed by atoms with Gasteiger partial charge in [0.05, 0.1) is 18.3 Å². The Morgan fingerprint density at radius 3 is 2.95 bits per heavy atom. The third-order valence-electron chi connectivity index (χ3n) is 3.19. The molecule has 1 fully saturated rings. The van der Waals surface area contributed by atoms with Crippen LogP contribution in [0.5, 0.6) is 0 Å². The Morgan fingerprint density at radius 2 is 2.21 bits per heavy atom. The van der Waals surface area contributed by atoms with Gasteiger partial charge >= 0.3 is 0 Å². The molecule has 0 aliphatic carbocycles. The van der Waals surface area contributed by atoms with E-state index in [4.69, 9.17) is 0 Å². The molecule has 1 saturated heterocycles. The summed E-state index contributed by atoms with van der Waals surface area (Å²) < 4.78 is 1.86. The molecule has 4 nitrogen and oxygen atoms in total. The van der Waals surface area contributed by atoms with Crippen LogP contribution in [0.1, 0.15) is 17.3 Å². The normalized spacial score (nSPS) is 20.7. The maximum Gasteiger partial charge on any atom is 0.157 e. The van der Waals surface area contributed by atoms with Crippen molar-refractivity contribution >= 4 is 16.9 Å². The van der Waals surface area contributed by atoms with Gasteiger partial charge in [-0.1, -0.05) is 42.1 Å². The van der Waals surface area contributed by atoms with Gasteiger partial charge in [-0.05, 0) is 11.6 Å². The van der Waals surface area contributed by atoms with E-state index in [9.17, 15) is 0 Å². The second-order valence-corrected chi connectivity index (χ2v) is 5.49. The van der Waals surface area contributed by atoms with Gasteiger partial charge in [0.2, 0.25) is 0 Å². The molecule has 2 heterocycles. The van der Waals surface area contributed by atoms with E-state index in [1.165, 1.54) is 5.56 Å². The first-order valence-corrected chi connectivity index (χ1v) is 7.27. The number of rotatable bonds is 3. The molecule has 2 aromatic rings. The van der Waals surface area contributed by atoms with Crippen molar-refractivity contribution in [2.45, 2.75) is 12.6 Å². The highest BCUT2D eigenvalue weighted by Crippen LogP contribution is 2.26. The summed E-state index contributed by atoms with van der Waals surface area (Å²) in [6.07, 6.45) is 1.80. The van der Waals surface area contributed by atoms with Gasteiger partial charge in [0.25, 0.3) is 0 Å².